The minimum atomic E-state index is -0.108. The molecular weight excluding hydrogens is 296 g/mol. The average molecular weight is 317 g/mol. The minimum absolute atomic E-state index is 0.0668. The van der Waals surface area contributed by atoms with Crippen LogP contribution in [0.1, 0.15) is 36.0 Å². The second-order valence-corrected chi connectivity index (χ2v) is 6.16. The predicted octanol–water partition coefficient (Wildman–Crippen LogP) is 4.01. The molecular formula is C18H21ClN2O. The highest BCUT2D eigenvalue weighted by Gasteiger charge is 2.34. The number of nitrogens with zero attached hydrogens (tertiary/aromatic N) is 2. The van der Waals surface area contributed by atoms with Crippen molar-refractivity contribution in [3.63, 3.8) is 0 Å². The van der Waals surface area contributed by atoms with Crippen molar-refractivity contribution in [3.05, 3.63) is 59.3 Å². The molecule has 4 heteroatoms. The quantitative estimate of drug-likeness (QED) is 0.629. The summed E-state index contributed by atoms with van der Waals surface area (Å²) in [5.74, 6) is 0.766. The zero-order chi connectivity index (χ0) is 15.5. The monoisotopic (exact) mass is 316 g/mol. The van der Waals surface area contributed by atoms with Gasteiger partial charge in [0.1, 0.15) is 0 Å². The van der Waals surface area contributed by atoms with Crippen molar-refractivity contribution in [2.75, 3.05) is 13.7 Å². The zero-order valence-electron chi connectivity index (χ0n) is 13.0. The van der Waals surface area contributed by atoms with E-state index in [2.05, 4.69) is 54.2 Å². The van der Waals surface area contributed by atoms with Crippen LogP contribution in [-0.4, -0.2) is 29.0 Å². The van der Waals surface area contributed by atoms with Crippen LogP contribution in [0.25, 0.3) is 0 Å². The van der Waals surface area contributed by atoms with Crippen LogP contribution in [0.3, 0.4) is 0 Å². The van der Waals surface area contributed by atoms with E-state index in [-0.39, 0.29) is 11.4 Å². The lowest BCUT2D eigenvalue weighted by Crippen LogP contribution is -2.37. The number of halogens is 1. The van der Waals surface area contributed by atoms with Gasteiger partial charge in [0.15, 0.2) is 0 Å². The molecule has 0 N–H and O–H groups in total. The van der Waals surface area contributed by atoms with Crippen LogP contribution < -0.4 is 4.74 Å². The summed E-state index contributed by atoms with van der Waals surface area (Å²) in [6.45, 7) is 3.63. The van der Waals surface area contributed by atoms with Crippen molar-refractivity contribution in [1.29, 1.82) is 0 Å². The van der Waals surface area contributed by atoms with Crippen molar-refractivity contribution in [3.8, 4) is 5.88 Å². The molecule has 0 radical (unpaired) electrons. The van der Waals surface area contributed by atoms with Crippen molar-refractivity contribution in [2.45, 2.75) is 31.3 Å². The Morgan fingerprint density at radius 1 is 1.23 bits per heavy atom. The lowest BCUT2D eigenvalue weighted by Gasteiger charge is -2.37. The molecule has 0 bridgehead atoms. The lowest BCUT2D eigenvalue weighted by atomic mass is 9.85. The van der Waals surface area contributed by atoms with E-state index in [4.69, 9.17) is 16.3 Å². The molecule has 2 unspecified atom stereocenters. The van der Waals surface area contributed by atoms with Crippen molar-refractivity contribution in [2.24, 2.45) is 0 Å². The van der Waals surface area contributed by atoms with Gasteiger partial charge < -0.3 is 4.74 Å². The number of hydrogen-bond acceptors (Lipinski definition) is 3. The average Bonchev–Trinajstić information content (AvgIpc) is 2.55. The number of benzene rings is 1. The Hall–Kier alpha value is -1.58. The molecule has 1 aromatic heterocycles. The summed E-state index contributed by atoms with van der Waals surface area (Å²) in [7, 11) is 2.06. The van der Waals surface area contributed by atoms with Crippen molar-refractivity contribution in [1.82, 2.24) is 9.88 Å². The van der Waals surface area contributed by atoms with Crippen molar-refractivity contribution >= 4 is 11.6 Å². The van der Waals surface area contributed by atoms with Gasteiger partial charge in [0.05, 0.1) is 12.1 Å². The first-order valence-electron chi connectivity index (χ1n) is 7.72. The van der Waals surface area contributed by atoms with Gasteiger partial charge in [-0.3, -0.25) is 4.90 Å². The Morgan fingerprint density at radius 3 is 2.82 bits per heavy atom. The second kappa shape index (κ2) is 6.67. The molecule has 0 spiro atoms. The molecule has 0 saturated carbocycles. The molecule has 116 valence electrons. The number of fused-ring (bicyclic) bond motifs is 1. The van der Waals surface area contributed by atoms with E-state index in [1.165, 1.54) is 11.1 Å². The van der Waals surface area contributed by atoms with Gasteiger partial charge in [-0.2, -0.15) is 0 Å². The zero-order valence-corrected chi connectivity index (χ0v) is 13.8. The summed E-state index contributed by atoms with van der Waals surface area (Å²) in [6.07, 6.45) is 2.73. The third-order valence-electron chi connectivity index (χ3n) is 4.08. The molecule has 0 amide bonds. The van der Waals surface area contributed by atoms with Gasteiger partial charge in [-0.05, 0) is 30.7 Å². The molecule has 22 heavy (non-hydrogen) atoms. The summed E-state index contributed by atoms with van der Waals surface area (Å²) in [6, 6.07) is 12.5. The standard InChI is InChI=1S/C18H21ClN2O/c1-3-11-22-18-15(9-6-10-20-18)16-14-8-5-4-7-13(14)12-21(2)17(16)19/h4-10,16-17H,3,11-12H2,1-2H3. The number of hydrogen-bond donors (Lipinski definition) is 0. The molecule has 2 aromatic rings. The Balaban J connectivity index is 2.07. The minimum Gasteiger partial charge on any atom is -0.477 e. The fourth-order valence-corrected chi connectivity index (χ4v) is 3.36. The fourth-order valence-electron chi connectivity index (χ4n) is 3.02. The Kier molecular flexibility index (Phi) is 4.65. The molecule has 0 saturated heterocycles. The van der Waals surface area contributed by atoms with Crippen LogP contribution in [-0.2, 0) is 6.54 Å². The molecule has 1 aliphatic rings. The molecule has 3 nitrogen and oxygen atoms in total. The van der Waals surface area contributed by atoms with Crippen LogP contribution in [0.2, 0.25) is 0 Å². The summed E-state index contributed by atoms with van der Waals surface area (Å²) in [5, 5.41) is 0. The van der Waals surface area contributed by atoms with Gasteiger partial charge in [-0.15, -0.1) is 11.6 Å². The highest BCUT2D eigenvalue weighted by atomic mass is 35.5. The van der Waals surface area contributed by atoms with E-state index < -0.39 is 0 Å². The third kappa shape index (κ3) is 2.83. The van der Waals surface area contributed by atoms with Gasteiger partial charge in [-0.1, -0.05) is 37.3 Å². The molecule has 1 aromatic carbocycles. The Morgan fingerprint density at radius 2 is 2.00 bits per heavy atom. The smallest absolute Gasteiger partial charge is 0.217 e. The normalized spacial score (nSPS) is 21.4. The van der Waals surface area contributed by atoms with E-state index in [9.17, 15) is 0 Å². The molecule has 0 fully saturated rings. The van der Waals surface area contributed by atoms with Crippen LogP contribution in [0.4, 0.5) is 0 Å². The van der Waals surface area contributed by atoms with Gasteiger partial charge in [0.25, 0.3) is 0 Å². The Labute approximate surface area is 136 Å². The summed E-state index contributed by atoms with van der Waals surface area (Å²) in [5.41, 5.74) is 3.55. The first-order chi connectivity index (χ1) is 10.7. The van der Waals surface area contributed by atoms with E-state index in [0.717, 1.165) is 18.5 Å². The number of alkyl halides is 1. The molecule has 2 heterocycles. The van der Waals surface area contributed by atoms with E-state index >= 15 is 0 Å². The number of likely N-dealkylation sites (N-methyl/N-ethyl adjacent to an activating group) is 1. The summed E-state index contributed by atoms with van der Waals surface area (Å²) < 4.78 is 5.85. The topological polar surface area (TPSA) is 25.4 Å². The third-order valence-corrected chi connectivity index (χ3v) is 4.67. The first kappa shape index (κ1) is 15.3. The number of pyridine rings is 1. The largest absolute Gasteiger partial charge is 0.477 e. The van der Waals surface area contributed by atoms with Crippen molar-refractivity contribution < 1.29 is 4.74 Å². The van der Waals surface area contributed by atoms with Gasteiger partial charge in [0, 0.05) is 24.2 Å². The summed E-state index contributed by atoms with van der Waals surface area (Å²) in [4.78, 5) is 6.60. The molecule has 3 rings (SSSR count). The highest BCUT2D eigenvalue weighted by molar-refractivity contribution is 6.21. The second-order valence-electron chi connectivity index (χ2n) is 5.71. The lowest BCUT2D eigenvalue weighted by molar-refractivity contribution is 0.253. The molecule has 2 atom stereocenters. The van der Waals surface area contributed by atoms with E-state index in [1.807, 2.05) is 6.07 Å². The predicted molar refractivity (Wildman–Crippen MR) is 89.4 cm³/mol. The van der Waals surface area contributed by atoms with Gasteiger partial charge in [-0.25, -0.2) is 4.98 Å². The van der Waals surface area contributed by atoms with Crippen LogP contribution in [0.15, 0.2) is 42.6 Å². The van der Waals surface area contributed by atoms with Crippen LogP contribution >= 0.6 is 11.6 Å². The molecule has 1 aliphatic heterocycles. The van der Waals surface area contributed by atoms with E-state index in [0.29, 0.717) is 12.5 Å². The van der Waals surface area contributed by atoms with Gasteiger partial charge in [0.2, 0.25) is 5.88 Å². The highest BCUT2D eigenvalue weighted by Crippen LogP contribution is 2.41. The van der Waals surface area contributed by atoms with Crippen LogP contribution in [0.5, 0.6) is 5.88 Å². The Bertz CT molecular complexity index is 646. The maximum atomic E-state index is 6.74. The maximum absolute atomic E-state index is 6.74. The SMILES string of the molecule is CCCOc1ncccc1C1c2ccccc2CN(C)C1Cl. The van der Waals surface area contributed by atoms with E-state index in [1.54, 1.807) is 6.20 Å². The first-order valence-corrected chi connectivity index (χ1v) is 8.15. The van der Waals surface area contributed by atoms with Crippen LogP contribution in [0, 0.1) is 0 Å². The molecule has 0 aliphatic carbocycles. The number of rotatable bonds is 4. The van der Waals surface area contributed by atoms with Gasteiger partial charge >= 0.3 is 0 Å². The number of ether oxygens (including phenoxy) is 1. The number of aromatic nitrogens is 1. The fraction of sp³-hybridized carbons (Fsp3) is 0.389. The maximum Gasteiger partial charge on any atom is 0.217 e. The summed E-state index contributed by atoms with van der Waals surface area (Å²) >= 11 is 6.74.